The van der Waals surface area contributed by atoms with Gasteiger partial charge in [-0.3, -0.25) is 0 Å². The van der Waals surface area contributed by atoms with E-state index in [1.807, 2.05) is 25.1 Å². The summed E-state index contributed by atoms with van der Waals surface area (Å²) in [5.74, 6) is 1.82. The fraction of sp³-hybridized carbons (Fsp3) is 0.375. The van der Waals surface area contributed by atoms with Crippen LogP contribution in [0.25, 0.3) is 0 Å². The average Bonchev–Trinajstić information content (AvgIpc) is 3.02. The summed E-state index contributed by atoms with van der Waals surface area (Å²) in [6.45, 7) is 2.87. The third kappa shape index (κ3) is 3.94. The zero-order valence-corrected chi connectivity index (χ0v) is 13.4. The van der Waals surface area contributed by atoms with Gasteiger partial charge in [-0.2, -0.15) is 0 Å². The van der Waals surface area contributed by atoms with Gasteiger partial charge < -0.3 is 24.3 Å². The zero-order chi connectivity index (χ0) is 15.9. The first-order valence-electron chi connectivity index (χ1n) is 7.06. The molecule has 0 saturated heterocycles. The van der Waals surface area contributed by atoms with Crippen LogP contribution in [0.2, 0.25) is 5.02 Å². The Labute approximate surface area is 134 Å². The predicted molar refractivity (Wildman–Crippen MR) is 84.5 cm³/mol. The summed E-state index contributed by atoms with van der Waals surface area (Å²) in [4.78, 5) is 0. The van der Waals surface area contributed by atoms with Gasteiger partial charge in [0.1, 0.15) is 5.76 Å². The molecule has 0 radical (unpaired) electrons. The largest absolute Gasteiger partial charge is 0.491 e. The highest BCUT2D eigenvalue weighted by molar-refractivity contribution is 6.32. The molecule has 0 amide bonds. The molecule has 2 N–H and O–H groups in total. The normalized spacial score (nSPS) is 12.2. The van der Waals surface area contributed by atoms with Crippen LogP contribution in [0, 0.1) is 0 Å². The first-order valence-corrected chi connectivity index (χ1v) is 7.44. The van der Waals surface area contributed by atoms with Crippen LogP contribution >= 0.6 is 11.6 Å². The van der Waals surface area contributed by atoms with E-state index in [0.29, 0.717) is 35.4 Å². The van der Waals surface area contributed by atoms with Gasteiger partial charge in [0.05, 0.1) is 37.7 Å². The lowest BCUT2D eigenvalue weighted by molar-refractivity contribution is 0.225. The SMILES string of the molecule is CCOc1cc(CNC(CO)c2ccco2)cc(Cl)c1OC. The molecule has 0 spiro atoms. The van der Waals surface area contributed by atoms with Crippen molar-refractivity contribution in [3.05, 3.63) is 46.9 Å². The van der Waals surface area contributed by atoms with Crippen LogP contribution in [-0.2, 0) is 6.54 Å². The highest BCUT2D eigenvalue weighted by atomic mass is 35.5. The Morgan fingerprint density at radius 2 is 2.23 bits per heavy atom. The Morgan fingerprint density at radius 3 is 2.82 bits per heavy atom. The third-order valence-electron chi connectivity index (χ3n) is 3.20. The highest BCUT2D eigenvalue weighted by Gasteiger charge is 2.15. The van der Waals surface area contributed by atoms with E-state index in [9.17, 15) is 5.11 Å². The highest BCUT2D eigenvalue weighted by Crippen LogP contribution is 2.36. The Morgan fingerprint density at radius 1 is 1.41 bits per heavy atom. The van der Waals surface area contributed by atoms with Crippen molar-refractivity contribution in [2.75, 3.05) is 20.3 Å². The molecule has 22 heavy (non-hydrogen) atoms. The Balaban J connectivity index is 2.12. The molecule has 1 heterocycles. The van der Waals surface area contributed by atoms with Crippen molar-refractivity contribution in [3.8, 4) is 11.5 Å². The van der Waals surface area contributed by atoms with Crippen LogP contribution < -0.4 is 14.8 Å². The van der Waals surface area contributed by atoms with Crippen LogP contribution in [0.3, 0.4) is 0 Å². The maximum Gasteiger partial charge on any atom is 0.179 e. The molecule has 0 aliphatic carbocycles. The summed E-state index contributed by atoms with van der Waals surface area (Å²) in [5, 5.41) is 13.2. The molecule has 6 heteroatoms. The number of aliphatic hydroxyl groups is 1. The molecule has 0 fully saturated rings. The van der Waals surface area contributed by atoms with Gasteiger partial charge >= 0.3 is 0 Å². The standard InChI is InChI=1S/C16H20ClNO4/c1-3-21-15-8-11(7-12(17)16(15)20-2)9-18-13(10-19)14-5-4-6-22-14/h4-8,13,18-19H,3,9-10H2,1-2H3. The number of methoxy groups -OCH3 is 1. The fourth-order valence-corrected chi connectivity index (χ4v) is 2.48. The van der Waals surface area contributed by atoms with Crippen LogP contribution in [0.15, 0.2) is 34.9 Å². The Bertz CT molecular complexity index is 586. The molecule has 5 nitrogen and oxygen atoms in total. The van der Waals surface area contributed by atoms with Gasteiger partial charge in [-0.05, 0) is 36.8 Å². The molecule has 0 aliphatic heterocycles. The van der Waals surface area contributed by atoms with E-state index in [2.05, 4.69) is 5.32 Å². The maximum absolute atomic E-state index is 9.46. The monoisotopic (exact) mass is 325 g/mol. The second-order valence-electron chi connectivity index (χ2n) is 4.67. The molecule has 1 aromatic heterocycles. The van der Waals surface area contributed by atoms with Crippen LogP contribution in [0.1, 0.15) is 24.3 Å². The second-order valence-corrected chi connectivity index (χ2v) is 5.08. The molecule has 0 saturated carbocycles. The topological polar surface area (TPSA) is 63.9 Å². The van der Waals surface area contributed by atoms with Crippen molar-refractivity contribution in [3.63, 3.8) is 0 Å². The number of benzene rings is 1. The van der Waals surface area contributed by atoms with Gasteiger partial charge in [0.2, 0.25) is 0 Å². The van der Waals surface area contributed by atoms with E-state index in [-0.39, 0.29) is 12.6 Å². The number of hydrogen-bond donors (Lipinski definition) is 2. The predicted octanol–water partition coefficient (Wildman–Crippen LogP) is 3.16. The minimum absolute atomic E-state index is 0.0598. The lowest BCUT2D eigenvalue weighted by Gasteiger charge is -2.16. The Hall–Kier alpha value is -1.69. The quantitative estimate of drug-likeness (QED) is 0.780. The molecule has 2 aromatic rings. The molecule has 0 bridgehead atoms. The number of rotatable bonds is 8. The van der Waals surface area contributed by atoms with E-state index >= 15 is 0 Å². The maximum atomic E-state index is 9.46. The number of furan rings is 1. The lowest BCUT2D eigenvalue weighted by Crippen LogP contribution is -2.23. The van der Waals surface area contributed by atoms with E-state index in [0.717, 1.165) is 5.56 Å². The van der Waals surface area contributed by atoms with Gasteiger partial charge in [0.25, 0.3) is 0 Å². The minimum atomic E-state index is -0.272. The van der Waals surface area contributed by atoms with Crippen LogP contribution in [0.5, 0.6) is 11.5 Å². The van der Waals surface area contributed by atoms with Crippen molar-refractivity contribution in [1.29, 1.82) is 0 Å². The van der Waals surface area contributed by atoms with Gasteiger partial charge in [-0.15, -0.1) is 0 Å². The Kier molecular flexibility index (Phi) is 6.12. The molecule has 1 atom stereocenters. The number of hydrogen-bond acceptors (Lipinski definition) is 5. The molecular weight excluding hydrogens is 306 g/mol. The van der Waals surface area contributed by atoms with Crippen molar-refractivity contribution in [1.82, 2.24) is 5.32 Å². The minimum Gasteiger partial charge on any atom is -0.491 e. The van der Waals surface area contributed by atoms with E-state index in [1.165, 1.54) is 0 Å². The van der Waals surface area contributed by atoms with Crippen molar-refractivity contribution < 1.29 is 19.0 Å². The molecule has 1 aromatic carbocycles. The number of aliphatic hydroxyl groups excluding tert-OH is 1. The number of halogens is 1. The third-order valence-corrected chi connectivity index (χ3v) is 3.48. The van der Waals surface area contributed by atoms with Crippen LogP contribution in [-0.4, -0.2) is 25.4 Å². The molecular formula is C16H20ClNO4. The van der Waals surface area contributed by atoms with Crippen molar-refractivity contribution in [2.45, 2.75) is 19.5 Å². The van der Waals surface area contributed by atoms with E-state index in [1.54, 1.807) is 19.4 Å². The van der Waals surface area contributed by atoms with Gasteiger partial charge in [0.15, 0.2) is 11.5 Å². The first-order chi connectivity index (χ1) is 10.7. The molecule has 1 unspecified atom stereocenters. The summed E-state index contributed by atoms with van der Waals surface area (Å²) in [6, 6.07) is 7.02. The van der Waals surface area contributed by atoms with Crippen molar-refractivity contribution >= 4 is 11.6 Å². The fourth-order valence-electron chi connectivity index (χ4n) is 2.17. The van der Waals surface area contributed by atoms with Crippen molar-refractivity contribution in [2.24, 2.45) is 0 Å². The van der Waals surface area contributed by atoms with Gasteiger partial charge in [-0.25, -0.2) is 0 Å². The van der Waals surface area contributed by atoms with E-state index in [4.69, 9.17) is 25.5 Å². The molecule has 120 valence electrons. The van der Waals surface area contributed by atoms with Gasteiger partial charge in [0, 0.05) is 6.54 Å². The summed E-state index contributed by atoms with van der Waals surface area (Å²) in [6.07, 6.45) is 1.58. The second kappa shape index (κ2) is 8.08. The van der Waals surface area contributed by atoms with Crippen LogP contribution in [0.4, 0.5) is 0 Å². The smallest absolute Gasteiger partial charge is 0.179 e. The summed E-state index contributed by atoms with van der Waals surface area (Å²) >= 11 is 6.22. The summed E-state index contributed by atoms with van der Waals surface area (Å²) < 4.78 is 16.1. The first kappa shape index (κ1) is 16.7. The van der Waals surface area contributed by atoms with Gasteiger partial charge in [-0.1, -0.05) is 11.6 Å². The molecule has 0 aliphatic rings. The summed E-state index contributed by atoms with van der Waals surface area (Å²) in [5.41, 5.74) is 0.930. The zero-order valence-electron chi connectivity index (χ0n) is 12.6. The number of ether oxygens (including phenoxy) is 2. The summed E-state index contributed by atoms with van der Waals surface area (Å²) in [7, 11) is 1.56. The molecule has 2 rings (SSSR count). The lowest BCUT2D eigenvalue weighted by atomic mass is 10.1. The number of nitrogens with one attached hydrogen (secondary N) is 1. The van der Waals surface area contributed by atoms with E-state index < -0.39 is 0 Å². The average molecular weight is 326 g/mol.